The number of nitrogens with one attached hydrogen (secondary N) is 1. The van der Waals surface area contributed by atoms with Gasteiger partial charge in [0.05, 0.1) is 18.9 Å². The van der Waals surface area contributed by atoms with Crippen LogP contribution < -0.4 is 5.32 Å². The van der Waals surface area contributed by atoms with Crippen LogP contribution in [0, 0.1) is 5.92 Å². The van der Waals surface area contributed by atoms with Gasteiger partial charge in [0.15, 0.2) is 0 Å². The number of aromatic nitrogens is 2. The third-order valence-electron chi connectivity index (χ3n) is 4.99. The van der Waals surface area contributed by atoms with Gasteiger partial charge in [0.2, 0.25) is 0 Å². The van der Waals surface area contributed by atoms with Crippen LogP contribution in [-0.4, -0.2) is 23.6 Å². The van der Waals surface area contributed by atoms with E-state index in [0.717, 1.165) is 36.2 Å². The van der Waals surface area contributed by atoms with Crippen LogP contribution in [0.5, 0.6) is 0 Å². The van der Waals surface area contributed by atoms with Gasteiger partial charge in [-0.25, -0.2) is 9.97 Å². The number of ether oxygens (including phenoxy) is 1. The normalized spacial score (nSPS) is 25.4. The second-order valence-corrected chi connectivity index (χ2v) is 6.41. The summed E-state index contributed by atoms with van der Waals surface area (Å²) in [6, 6.07) is 0. The lowest BCUT2D eigenvalue weighted by molar-refractivity contribution is 0.109. The Hall–Kier alpha value is -1.16. The summed E-state index contributed by atoms with van der Waals surface area (Å²) in [7, 11) is 1.94. The van der Waals surface area contributed by atoms with Crippen LogP contribution in [0.25, 0.3) is 0 Å². The zero-order valence-corrected chi connectivity index (χ0v) is 13.3. The zero-order valence-electron chi connectivity index (χ0n) is 13.3. The van der Waals surface area contributed by atoms with Crippen molar-refractivity contribution in [3.63, 3.8) is 0 Å². The monoisotopic (exact) mass is 289 g/mol. The molecule has 0 unspecified atom stereocenters. The van der Waals surface area contributed by atoms with E-state index in [2.05, 4.69) is 12.2 Å². The van der Waals surface area contributed by atoms with E-state index in [-0.39, 0.29) is 0 Å². The average molecular weight is 289 g/mol. The molecule has 4 nitrogen and oxygen atoms in total. The Bertz CT molecular complexity index is 464. The number of hydrogen-bond acceptors (Lipinski definition) is 4. The van der Waals surface area contributed by atoms with Gasteiger partial charge >= 0.3 is 0 Å². The zero-order chi connectivity index (χ0) is 14.7. The first kappa shape index (κ1) is 14.8. The van der Waals surface area contributed by atoms with Gasteiger partial charge in [-0.1, -0.05) is 19.8 Å². The standard InChI is InChI=1S/C17H27N3O/c1-3-4-12-5-7-13(8-6-12)16-19-15-9-10-21-11-14(15)17(18-2)20-16/h12-13H,3-11H2,1-2H3,(H,18,19,20). The fraction of sp³-hybridized carbons (Fsp3) is 0.765. The van der Waals surface area contributed by atoms with Gasteiger partial charge in [-0.3, -0.25) is 0 Å². The number of hydrogen-bond donors (Lipinski definition) is 1. The van der Waals surface area contributed by atoms with Crippen molar-refractivity contribution < 1.29 is 4.74 Å². The second kappa shape index (κ2) is 6.73. The van der Waals surface area contributed by atoms with Crippen LogP contribution >= 0.6 is 0 Å². The molecule has 0 saturated heterocycles. The molecule has 0 bridgehead atoms. The molecule has 0 amide bonds. The van der Waals surface area contributed by atoms with Crippen LogP contribution in [0.2, 0.25) is 0 Å². The first-order chi connectivity index (χ1) is 10.3. The first-order valence-electron chi connectivity index (χ1n) is 8.47. The van der Waals surface area contributed by atoms with E-state index >= 15 is 0 Å². The first-order valence-corrected chi connectivity index (χ1v) is 8.47. The minimum Gasteiger partial charge on any atom is -0.376 e. The van der Waals surface area contributed by atoms with Gasteiger partial charge in [-0.2, -0.15) is 0 Å². The minimum atomic E-state index is 0.554. The molecule has 1 fully saturated rings. The summed E-state index contributed by atoms with van der Waals surface area (Å²) in [5, 5.41) is 3.23. The van der Waals surface area contributed by atoms with Gasteiger partial charge in [0.1, 0.15) is 11.6 Å². The maximum absolute atomic E-state index is 5.54. The average Bonchev–Trinajstić information content (AvgIpc) is 2.55. The van der Waals surface area contributed by atoms with Crippen molar-refractivity contribution in [2.75, 3.05) is 19.0 Å². The molecule has 1 N–H and O–H groups in total. The molecule has 2 heterocycles. The highest BCUT2D eigenvalue weighted by molar-refractivity contribution is 5.47. The van der Waals surface area contributed by atoms with E-state index in [1.807, 2.05) is 7.05 Å². The highest BCUT2D eigenvalue weighted by atomic mass is 16.5. The van der Waals surface area contributed by atoms with Gasteiger partial charge in [-0.05, 0) is 31.6 Å². The Labute approximate surface area is 127 Å². The van der Waals surface area contributed by atoms with Crippen molar-refractivity contribution in [3.05, 3.63) is 17.1 Å². The van der Waals surface area contributed by atoms with E-state index < -0.39 is 0 Å². The molecule has 4 heteroatoms. The predicted molar refractivity (Wildman–Crippen MR) is 84.5 cm³/mol. The molecular weight excluding hydrogens is 262 g/mol. The van der Waals surface area contributed by atoms with Crippen molar-refractivity contribution in [2.45, 2.75) is 64.4 Å². The fourth-order valence-corrected chi connectivity index (χ4v) is 3.76. The van der Waals surface area contributed by atoms with E-state index in [4.69, 9.17) is 14.7 Å². The number of rotatable bonds is 4. The summed E-state index contributed by atoms with van der Waals surface area (Å²) in [6.45, 7) is 3.73. The third kappa shape index (κ3) is 3.20. The quantitative estimate of drug-likeness (QED) is 0.919. The summed E-state index contributed by atoms with van der Waals surface area (Å²) in [5.41, 5.74) is 2.36. The van der Waals surface area contributed by atoms with Gasteiger partial charge in [0, 0.05) is 24.9 Å². The van der Waals surface area contributed by atoms with Gasteiger partial charge in [-0.15, -0.1) is 0 Å². The van der Waals surface area contributed by atoms with E-state index in [9.17, 15) is 0 Å². The summed E-state index contributed by atoms with van der Waals surface area (Å²) in [4.78, 5) is 9.68. The summed E-state index contributed by atoms with van der Waals surface area (Å²) >= 11 is 0. The van der Waals surface area contributed by atoms with Crippen LogP contribution in [0.1, 0.15) is 68.4 Å². The lowest BCUT2D eigenvalue weighted by atomic mass is 9.79. The minimum absolute atomic E-state index is 0.554. The Balaban J connectivity index is 1.77. The number of nitrogens with zero attached hydrogens (tertiary/aromatic N) is 2. The van der Waals surface area contributed by atoms with Crippen molar-refractivity contribution in [3.8, 4) is 0 Å². The number of fused-ring (bicyclic) bond motifs is 1. The summed E-state index contributed by atoms with van der Waals surface area (Å²) in [5.74, 6) is 3.53. The highest BCUT2D eigenvalue weighted by Gasteiger charge is 2.26. The van der Waals surface area contributed by atoms with Gasteiger partial charge < -0.3 is 10.1 Å². The molecule has 0 aromatic carbocycles. The lowest BCUT2D eigenvalue weighted by Gasteiger charge is -2.28. The SMILES string of the molecule is CCCC1CCC(c2nc3c(c(NC)n2)COCC3)CC1. The molecule has 0 spiro atoms. The van der Waals surface area contributed by atoms with E-state index in [1.54, 1.807) is 0 Å². The highest BCUT2D eigenvalue weighted by Crippen LogP contribution is 2.37. The maximum Gasteiger partial charge on any atom is 0.135 e. The molecule has 0 radical (unpaired) electrons. The van der Waals surface area contributed by atoms with Gasteiger partial charge in [0.25, 0.3) is 0 Å². The predicted octanol–water partition coefficient (Wildman–Crippen LogP) is 3.66. The summed E-state index contributed by atoms with van der Waals surface area (Å²) < 4.78 is 5.54. The Morgan fingerprint density at radius 1 is 1.19 bits per heavy atom. The molecule has 1 aliphatic heterocycles. The summed E-state index contributed by atoms with van der Waals surface area (Å²) in [6.07, 6.45) is 8.82. The molecule has 0 atom stereocenters. The molecule has 2 aliphatic rings. The maximum atomic E-state index is 5.54. The molecule has 1 aromatic heterocycles. The third-order valence-corrected chi connectivity index (χ3v) is 4.99. The Morgan fingerprint density at radius 2 is 2.00 bits per heavy atom. The van der Waals surface area contributed by atoms with Crippen molar-refractivity contribution in [2.24, 2.45) is 5.92 Å². The molecule has 3 rings (SSSR count). The molecule has 21 heavy (non-hydrogen) atoms. The smallest absolute Gasteiger partial charge is 0.135 e. The van der Waals surface area contributed by atoms with E-state index in [0.29, 0.717) is 12.5 Å². The second-order valence-electron chi connectivity index (χ2n) is 6.41. The lowest BCUT2D eigenvalue weighted by Crippen LogP contribution is -2.20. The Morgan fingerprint density at radius 3 is 2.71 bits per heavy atom. The van der Waals surface area contributed by atoms with Crippen LogP contribution in [0.15, 0.2) is 0 Å². The topological polar surface area (TPSA) is 47.0 Å². The number of anilines is 1. The van der Waals surface area contributed by atoms with Crippen LogP contribution in [0.3, 0.4) is 0 Å². The molecule has 116 valence electrons. The Kier molecular flexibility index (Phi) is 4.73. The fourth-order valence-electron chi connectivity index (χ4n) is 3.76. The molecule has 1 saturated carbocycles. The largest absolute Gasteiger partial charge is 0.376 e. The van der Waals surface area contributed by atoms with Crippen LogP contribution in [0.4, 0.5) is 5.82 Å². The van der Waals surface area contributed by atoms with E-state index in [1.165, 1.54) is 44.2 Å². The van der Waals surface area contributed by atoms with Crippen molar-refractivity contribution in [1.82, 2.24) is 9.97 Å². The van der Waals surface area contributed by atoms with Crippen LogP contribution in [-0.2, 0) is 17.8 Å². The molecule has 1 aliphatic carbocycles. The molecule has 1 aromatic rings. The van der Waals surface area contributed by atoms with Crippen molar-refractivity contribution in [1.29, 1.82) is 0 Å². The van der Waals surface area contributed by atoms with Crippen molar-refractivity contribution >= 4 is 5.82 Å². The molecular formula is C17H27N3O.